The molecule has 1 heterocycles. The van der Waals surface area contributed by atoms with Gasteiger partial charge in [-0.15, -0.1) is 0 Å². The molecule has 14 heavy (non-hydrogen) atoms. The van der Waals surface area contributed by atoms with Crippen LogP contribution in [0.2, 0.25) is 5.15 Å². The molecule has 0 bridgehead atoms. The van der Waals surface area contributed by atoms with E-state index in [1.54, 1.807) is 6.07 Å². The second-order valence-corrected chi connectivity index (χ2v) is 3.84. The molecule has 0 atom stereocenters. The van der Waals surface area contributed by atoms with Crippen molar-refractivity contribution in [2.24, 2.45) is 0 Å². The Balaban J connectivity index is 2.90. The monoisotopic (exact) mass is 270 g/mol. The maximum absolute atomic E-state index is 10.5. The van der Waals surface area contributed by atoms with Gasteiger partial charge in [0.05, 0.1) is 5.52 Å². The third-order valence-corrected chi connectivity index (χ3v) is 2.68. The summed E-state index contributed by atoms with van der Waals surface area (Å²) in [6.45, 7) is 0. The lowest BCUT2D eigenvalue weighted by atomic mass is 10.2. The molecule has 0 unspecified atom stereocenters. The third-order valence-electron chi connectivity index (χ3n) is 1.75. The van der Waals surface area contributed by atoms with E-state index in [2.05, 4.69) is 25.9 Å². The molecule has 0 aliphatic carbocycles. The molecule has 0 N–H and O–H groups in total. The summed E-state index contributed by atoms with van der Waals surface area (Å²) in [5.74, 6) is 0.0920. The van der Waals surface area contributed by atoms with Crippen molar-refractivity contribution in [3.63, 3.8) is 0 Å². The Morgan fingerprint density at radius 2 is 2.14 bits per heavy atom. The minimum Gasteiger partial charge on any atom is -0.294 e. The highest BCUT2D eigenvalue weighted by molar-refractivity contribution is 9.10. The second-order valence-electron chi connectivity index (χ2n) is 2.63. The number of fused-ring (bicyclic) bond motifs is 1. The summed E-state index contributed by atoms with van der Waals surface area (Å²) < 4.78 is 0.794. The number of aldehydes is 1. The first-order valence-corrected chi connectivity index (χ1v) is 4.96. The van der Waals surface area contributed by atoms with Gasteiger partial charge in [0.2, 0.25) is 0 Å². The second kappa shape index (κ2) is 3.63. The van der Waals surface area contributed by atoms with E-state index in [9.17, 15) is 4.79 Å². The smallest absolute Gasteiger partial charge is 0.194 e. The number of aromatic nitrogens is 2. The van der Waals surface area contributed by atoms with Crippen molar-refractivity contribution in [1.82, 2.24) is 9.97 Å². The van der Waals surface area contributed by atoms with Crippen LogP contribution in [0.4, 0.5) is 0 Å². The van der Waals surface area contributed by atoms with Gasteiger partial charge >= 0.3 is 0 Å². The molecule has 0 fully saturated rings. The average molecular weight is 272 g/mol. The molecule has 1 aromatic carbocycles. The zero-order valence-corrected chi connectivity index (χ0v) is 9.21. The molecular formula is C9H4BrClN2O. The lowest BCUT2D eigenvalue weighted by Gasteiger charge is -2.01. The highest BCUT2D eigenvalue weighted by Crippen LogP contribution is 2.26. The molecule has 2 rings (SSSR count). The Kier molecular flexibility index (Phi) is 2.48. The average Bonchev–Trinajstić information content (AvgIpc) is 2.19. The number of rotatable bonds is 1. The van der Waals surface area contributed by atoms with Gasteiger partial charge in [0.25, 0.3) is 0 Å². The maximum Gasteiger partial charge on any atom is 0.194 e. The quantitative estimate of drug-likeness (QED) is 0.592. The lowest BCUT2D eigenvalue weighted by molar-refractivity contribution is 0.111. The summed E-state index contributed by atoms with van der Waals surface area (Å²) in [7, 11) is 0. The highest BCUT2D eigenvalue weighted by Gasteiger charge is 2.07. The van der Waals surface area contributed by atoms with Gasteiger partial charge in [0.1, 0.15) is 5.15 Å². The van der Waals surface area contributed by atoms with Gasteiger partial charge in [0, 0.05) is 9.86 Å². The van der Waals surface area contributed by atoms with Crippen molar-refractivity contribution in [2.75, 3.05) is 0 Å². The summed E-state index contributed by atoms with van der Waals surface area (Å²) in [5.41, 5.74) is 0.648. The molecule has 0 saturated heterocycles. The van der Waals surface area contributed by atoms with Gasteiger partial charge in [-0.2, -0.15) is 0 Å². The Hall–Kier alpha value is -1.00. The van der Waals surface area contributed by atoms with Crippen LogP contribution < -0.4 is 0 Å². The molecule has 3 nitrogen and oxygen atoms in total. The van der Waals surface area contributed by atoms with Crippen molar-refractivity contribution in [3.8, 4) is 0 Å². The fourth-order valence-corrected chi connectivity index (χ4v) is 1.84. The van der Waals surface area contributed by atoms with Gasteiger partial charge in [-0.3, -0.25) is 4.79 Å². The van der Waals surface area contributed by atoms with Crippen LogP contribution in [0.1, 0.15) is 10.6 Å². The van der Waals surface area contributed by atoms with E-state index < -0.39 is 0 Å². The first-order valence-electron chi connectivity index (χ1n) is 3.79. The normalized spacial score (nSPS) is 10.4. The molecule has 0 amide bonds. The number of halogens is 2. The minimum atomic E-state index is 0.0920. The molecule has 70 valence electrons. The molecule has 0 spiro atoms. The number of carbonyl (C=O) groups excluding carboxylic acids is 1. The van der Waals surface area contributed by atoms with Gasteiger partial charge in [0.15, 0.2) is 12.1 Å². The molecule has 0 saturated carbocycles. The Bertz CT molecular complexity index is 515. The van der Waals surface area contributed by atoms with Crippen molar-refractivity contribution in [1.29, 1.82) is 0 Å². The summed E-state index contributed by atoms with van der Waals surface area (Å²) >= 11 is 9.21. The van der Waals surface area contributed by atoms with E-state index in [1.165, 1.54) is 0 Å². The van der Waals surface area contributed by atoms with Gasteiger partial charge in [-0.05, 0) is 28.1 Å². The predicted octanol–water partition coefficient (Wildman–Crippen LogP) is 2.86. The number of hydrogen-bond donors (Lipinski definition) is 0. The lowest BCUT2D eigenvalue weighted by Crippen LogP contribution is -1.94. The van der Waals surface area contributed by atoms with Crippen molar-refractivity contribution in [2.45, 2.75) is 0 Å². The SMILES string of the molecule is O=Cc1nc(Cl)c2cccc(Br)c2n1. The van der Waals surface area contributed by atoms with E-state index in [1.807, 2.05) is 12.1 Å². The fraction of sp³-hybridized carbons (Fsp3) is 0. The van der Waals surface area contributed by atoms with Gasteiger partial charge in [-0.25, -0.2) is 9.97 Å². The first-order chi connectivity index (χ1) is 6.72. The van der Waals surface area contributed by atoms with Crippen LogP contribution in [0, 0.1) is 0 Å². The summed E-state index contributed by atoms with van der Waals surface area (Å²) in [6, 6.07) is 5.47. The van der Waals surface area contributed by atoms with E-state index >= 15 is 0 Å². The summed E-state index contributed by atoms with van der Waals surface area (Å²) in [4.78, 5) is 18.4. The largest absolute Gasteiger partial charge is 0.294 e. The van der Waals surface area contributed by atoms with Crippen molar-refractivity contribution >= 4 is 44.7 Å². The molecule has 2 aromatic rings. The Labute approximate surface area is 93.2 Å². The summed E-state index contributed by atoms with van der Waals surface area (Å²) in [5, 5.41) is 1.02. The van der Waals surface area contributed by atoms with Crippen molar-refractivity contribution < 1.29 is 4.79 Å². The molecule has 0 aliphatic heterocycles. The van der Waals surface area contributed by atoms with Crippen LogP contribution in [0.5, 0.6) is 0 Å². The highest BCUT2D eigenvalue weighted by atomic mass is 79.9. The van der Waals surface area contributed by atoms with Crippen LogP contribution in [0.25, 0.3) is 10.9 Å². The molecule has 0 aliphatic rings. The maximum atomic E-state index is 10.5. The van der Waals surface area contributed by atoms with Crippen LogP contribution in [0.3, 0.4) is 0 Å². The standard InChI is InChI=1S/C9H4BrClN2O/c10-6-3-1-2-5-8(6)12-7(4-14)13-9(5)11/h1-4H. The van der Waals surface area contributed by atoms with Crippen molar-refractivity contribution in [3.05, 3.63) is 33.6 Å². The number of hydrogen-bond acceptors (Lipinski definition) is 3. The van der Waals surface area contributed by atoms with E-state index in [-0.39, 0.29) is 5.82 Å². The molecule has 5 heteroatoms. The Morgan fingerprint density at radius 3 is 2.86 bits per heavy atom. The van der Waals surface area contributed by atoms with E-state index in [4.69, 9.17) is 11.6 Å². The number of benzene rings is 1. The van der Waals surface area contributed by atoms with E-state index in [0.29, 0.717) is 17.0 Å². The van der Waals surface area contributed by atoms with Crippen LogP contribution in [-0.2, 0) is 0 Å². The van der Waals surface area contributed by atoms with Crippen LogP contribution in [0.15, 0.2) is 22.7 Å². The zero-order valence-electron chi connectivity index (χ0n) is 6.87. The van der Waals surface area contributed by atoms with Crippen LogP contribution >= 0.6 is 27.5 Å². The fourth-order valence-electron chi connectivity index (χ4n) is 1.15. The predicted molar refractivity (Wildman–Crippen MR) is 57.6 cm³/mol. The third kappa shape index (κ3) is 1.51. The number of nitrogens with zero attached hydrogens (tertiary/aromatic N) is 2. The molecule has 0 radical (unpaired) electrons. The minimum absolute atomic E-state index is 0.0920. The van der Waals surface area contributed by atoms with Gasteiger partial charge in [-0.1, -0.05) is 17.7 Å². The van der Waals surface area contributed by atoms with Gasteiger partial charge < -0.3 is 0 Å². The molecular weight excluding hydrogens is 267 g/mol. The summed E-state index contributed by atoms with van der Waals surface area (Å²) in [6.07, 6.45) is 0.574. The van der Waals surface area contributed by atoms with Crippen LogP contribution in [-0.4, -0.2) is 16.3 Å². The number of para-hydroxylation sites is 1. The zero-order chi connectivity index (χ0) is 10.1. The molecule has 1 aromatic heterocycles. The van der Waals surface area contributed by atoms with E-state index in [0.717, 1.165) is 9.86 Å². The number of carbonyl (C=O) groups is 1. The first kappa shape index (κ1) is 9.55. The Morgan fingerprint density at radius 1 is 1.36 bits per heavy atom. The topological polar surface area (TPSA) is 42.9 Å².